The second-order valence-corrected chi connectivity index (χ2v) is 3.39. The molecule has 2 N–H and O–H groups in total. The van der Waals surface area contributed by atoms with Crippen molar-refractivity contribution in [3.05, 3.63) is 16.6 Å². The molecule has 1 aromatic heterocycles. The predicted molar refractivity (Wildman–Crippen MR) is 51.7 cm³/mol. The third kappa shape index (κ3) is 2.65. The topological polar surface area (TPSA) is 38.9 Å². The van der Waals surface area contributed by atoms with Crippen LogP contribution in [0.2, 0.25) is 0 Å². The maximum absolute atomic E-state index is 5.88. The Hall–Kier alpha value is -0.850. The molecule has 2 nitrogen and oxygen atoms in total. The first-order valence-corrected chi connectivity index (χ1v) is 4.76. The van der Waals surface area contributed by atoms with Gasteiger partial charge in [-0.25, -0.2) is 0 Å². The van der Waals surface area contributed by atoms with Crippen LogP contribution in [0.3, 0.4) is 0 Å². The fraction of sp³-hybridized carbons (Fsp3) is 0.444. The van der Waals surface area contributed by atoms with Crippen LogP contribution >= 0.6 is 11.3 Å². The summed E-state index contributed by atoms with van der Waals surface area (Å²) in [5.41, 5.74) is 7.69. The van der Waals surface area contributed by atoms with Gasteiger partial charge in [-0.05, 0) is 13.3 Å². The monoisotopic (exact) mass is 180 g/mol. The van der Waals surface area contributed by atoms with Crippen LogP contribution in [0.25, 0.3) is 0 Å². The van der Waals surface area contributed by atoms with Crippen molar-refractivity contribution in [3.63, 3.8) is 0 Å². The highest BCUT2D eigenvalue weighted by atomic mass is 32.1. The predicted octanol–water partition coefficient (Wildman–Crippen LogP) is 1.95. The molecule has 0 radical (unpaired) electrons. The first-order chi connectivity index (χ1) is 5.84. The van der Waals surface area contributed by atoms with Crippen molar-refractivity contribution in [1.82, 2.24) is 4.98 Å². The fourth-order valence-corrected chi connectivity index (χ4v) is 1.56. The van der Waals surface area contributed by atoms with Crippen molar-refractivity contribution in [3.8, 4) is 11.8 Å². The Morgan fingerprint density at radius 2 is 2.58 bits per heavy atom. The molecule has 0 amide bonds. The van der Waals surface area contributed by atoms with Crippen LogP contribution in [0.5, 0.6) is 0 Å². The average Bonchev–Trinajstić information content (AvgIpc) is 2.56. The summed E-state index contributed by atoms with van der Waals surface area (Å²) < 4.78 is 0. The Bertz CT molecular complexity index is 268. The molecule has 1 atom stereocenters. The van der Waals surface area contributed by atoms with Gasteiger partial charge in [-0.3, -0.25) is 4.98 Å². The van der Waals surface area contributed by atoms with Gasteiger partial charge in [0.15, 0.2) is 0 Å². The summed E-state index contributed by atoms with van der Waals surface area (Å²) in [5.74, 6) is 5.85. The van der Waals surface area contributed by atoms with Crippen LogP contribution in [0.15, 0.2) is 11.7 Å². The molecule has 12 heavy (non-hydrogen) atoms. The van der Waals surface area contributed by atoms with E-state index < -0.39 is 0 Å². The largest absolute Gasteiger partial charge is 0.323 e. The van der Waals surface area contributed by atoms with Crippen LogP contribution < -0.4 is 5.73 Å². The second kappa shape index (κ2) is 4.91. The molecule has 0 saturated heterocycles. The molecule has 64 valence electrons. The summed E-state index contributed by atoms with van der Waals surface area (Å²) in [6, 6.07) is 0.110. The van der Waals surface area contributed by atoms with Gasteiger partial charge in [0.25, 0.3) is 0 Å². The van der Waals surface area contributed by atoms with Gasteiger partial charge in [-0.2, -0.15) is 0 Å². The number of hydrogen-bond donors (Lipinski definition) is 1. The van der Waals surface area contributed by atoms with Crippen LogP contribution in [0.4, 0.5) is 0 Å². The molecule has 0 fully saturated rings. The van der Waals surface area contributed by atoms with E-state index in [4.69, 9.17) is 5.73 Å². The van der Waals surface area contributed by atoms with Gasteiger partial charge in [0.1, 0.15) is 0 Å². The highest BCUT2D eigenvalue weighted by Gasteiger charge is 2.05. The molecular weight excluding hydrogens is 168 g/mol. The molecule has 3 heteroatoms. The first-order valence-electron chi connectivity index (χ1n) is 3.88. The molecule has 0 spiro atoms. The van der Waals surface area contributed by atoms with E-state index >= 15 is 0 Å². The van der Waals surface area contributed by atoms with E-state index in [0.717, 1.165) is 17.7 Å². The number of rotatable bonds is 3. The highest BCUT2D eigenvalue weighted by molar-refractivity contribution is 7.09. The zero-order valence-corrected chi connectivity index (χ0v) is 7.90. The molecule has 0 aliphatic carbocycles. The quantitative estimate of drug-likeness (QED) is 0.722. The minimum absolute atomic E-state index is 0.110. The van der Waals surface area contributed by atoms with Gasteiger partial charge < -0.3 is 5.73 Å². The lowest BCUT2D eigenvalue weighted by molar-refractivity contribution is 0.678. The number of aromatic nitrogens is 1. The van der Waals surface area contributed by atoms with Crippen molar-refractivity contribution in [2.24, 2.45) is 5.73 Å². The molecule has 0 aliphatic heterocycles. The van der Waals surface area contributed by atoms with Crippen molar-refractivity contribution >= 4 is 11.3 Å². The van der Waals surface area contributed by atoms with Gasteiger partial charge in [-0.15, -0.1) is 23.2 Å². The fourth-order valence-electron chi connectivity index (χ4n) is 0.904. The second-order valence-electron chi connectivity index (χ2n) is 2.48. The van der Waals surface area contributed by atoms with E-state index in [9.17, 15) is 0 Å². The lowest BCUT2D eigenvalue weighted by Gasteiger charge is -2.04. The molecule has 1 aromatic rings. The van der Waals surface area contributed by atoms with E-state index in [2.05, 4.69) is 16.8 Å². The summed E-state index contributed by atoms with van der Waals surface area (Å²) in [6.45, 7) is 1.85. The Labute approximate surface area is 76.8 Å². The smallest absolute Gasteiger partial charge is 0.0794 e. The maximum atomic E-state index is 5.88. The molecule has 0 bridgehead atoms. The number of nitrogens with zero attached hydrogens (tertiary/aromatic N) is 1. The maximum Gasteiger partial charge on any atom is 0.0794 e. The normalized spacial score (nSPS) is 11.8. The SMILES string of the molecule is CC#CCCC(N)c1cncs1. The molecule has 0 aliphatic rings. The van der Waals surface area contributed by atoms with Crippen LogP contribution in [-0.2, 0) is 0 Å². The summed E-state index contributed by atoms with van der Waals surface area (Å²) in [6.07, 6.45) is 3.62. The average molecular weight is 180 g/mol. The zero-order valence-electron chi connectivity index (χ0n) is 7.08. The summed E-state index contributed by atoms with van der Waals surface area (Å²) >= 11 is 1.60. The lowest BCUT2D eigenvalue weighted by Crippen LogP contribution is -2.07. The van der Waals surface area contributed by atoms with E-state index in [0.29, 0.717) is 0 Å². The molecule has 1 unspecified atom stereocenters. The van der Waals surface area contributed by atoms with Crippen LogP contribution in [0.1, 0.15) is 30.7 Å². The molecule has 0 aromatic carbocycles. The van der Waals surface area contributed by atoms with Gasteiger partial charge >= 0.3 is 0 Å². The first kappa shape index (κ1) is 9.24. The number of hydrogen-bond acceptors (Lipinski definition) is 3. The van der Waals surface area contributed by atoms with E-state index in [1.54, 1.807) is 16.8 Å². The standard InChI is InChI=1S/C9H12N2S/c1-2-3-4-5-8(10)9-6-11-7-12-9/h6-8H,4-5,10H2,1H3. The van der Waals surface area contributed by atoms with Crippen molar-refractivity contribution in [1.29, 1.82) is 0 Å². The third-order valence-electron chi connectivity index (χ3n) is 1.57. The van der Waals surface area contributed by atoms with Gasteiger partial charge in [0, 0.05) is 23.5 Å². The molecular formula is C9H12N2S. The Balaban J connectivity index is 2.37. The van der Waals surface area contributed by atoms with Crippen molar-refractivity contribution in [2.75, 3.05) is 0 Å². The Kier molecular flexibility index (Phi) is 3.78. The van der Waals surface area contributed by atoms with Crippen molar-refractivity contribution < 1.29 is 0 Å². The van der Waals surface area contributed by atoms with E-state index in [1.807, 2.05) is 13.1 Å². The lowest BCUT2D eigenvalue weighted by atomic mass is 10.1. The minimum Gasteiger partial charge on any atom is -0.323 e. The minimum atomic E-state index is 0.110. The van der Waals surface area contributed by atoms with Crippen LogP contribution in [0, 0.1) is 11.8 Å². The van der Waals surface area contributed by atoms with E-state index in [1.165, 1.54) is 0 Å². The molecule has 1 heterocycles. The summed E-state index contributed by atoms with van der Waals surface area (Å²) in [5, 5.41) is 0. The van der Waals surface area contributed by atoms with Gasteiger partial charge in [0.2, 0.25) is 0 Å². The third-order valence-corrected chi connectivity index (χ3v) is 2.48. The van der Waals surface area contributed by atoms with E-state index in [-0.39, 0.29) is 6.04 Å². The molecule has 0 saturated carbocycles. The molecule has 1 rings (SSSR count). The summed E-state index contributed by atoms with van der Waals surface area (Å²) in [7, 11) is 0. The van der Waals surface area contributed by atoms with Crippen molar-refractivity contribution in [2.45, 2.75) is 25.8 Å². The van der Waals surface area contributed by atoms with Gasteiger partial charge in [-0.1, -0.05) is 0 Å². The zero-order chi connectivity index (χ0) is 8.81. The highest BCUT2D eigenvalue weighted by Crippen LogP contribution is 2.18. The Morgan fingerprint density at radius 1 is 1.75 bits per heavy atom. The summed E-state index contributed by atoms with van der Waals surface area (Å²) in [4.78, 5) is 5.12. The van der Waals surface area contributed by atoms with Crippen LogP contribution in [-0.4, -0.2) is 4.98 Å². The van der Waals surface area contributed by atoms with Gasteiger partial charge in [0.05, 0.1) is 5.51 Å². The Morgan fingerprint density at radius 3 is 3.17 bits per heavy atom. The number of nitrogens with two attached hydrogens (primary N) is 1. The number of thiazole rings is 1.